The lowest BCUT2D eigenvalue weighted by atomic mass is 10.2. The summed E-state index contributed by atoms with van der Waals surface area (Å²) in [6.45, 7) is 4.00. The number of anilines is 1. The number of benzene rings is 1. The molecule has 0 fully saturated rings. The van der Waals surface area contributed by atoms with Crippen molar-refractivity contribution in [2.75, 3.05) is 19.0 Å². The second-order valence-corrected chi connectivity index (χ2v) is 5.86. The number of aryl methyl sites for hydroxylation is 2. The largest absolute Gasteiger partial charge is 0.377 e. The minimum absolute atomic E-state index is 0.945. The van der Waals surface area contributed by atoms with Gasteiger partial charge in [-0.1, -0.05) is 6.07 Å². The van der Waals surface area contributed by atoms with Crippen LogP contribution in [-0.4, -0.2) is 30.1 Å². The van der Waals surface area contributed by atoms with Gasteiger partial charge in [-0.3, -0.25) is 9.67 Å². The molecule has 0 bridgehead atoms. The second-order valence-electron chi connectivity index (χ2n) is 5.01. The van der Waals surface area contributed by atoms with E-state index in [2.05, 4.69) is 49.1 Å². The summed E-state index contributed by atoms with van der Waals surface area (Å²) >= 11 is 3.59. The van der Waals surface area contributed by atoms with Crippen LogP contribution in [0.15, 0.2) is 27.7 Å². The predicted molar refractivity (Wildman–Crippen MR) is 88.4 cm³/mol. The van der Waals surface area contributed by atoms with Gasteiger partial charge in [0.1, 0.15) is 5.69 Å². The molecular formula is C15H19BrN4. The highest BCUT2D eigenvalue weighted by molar-refractivity contribution is 9.10. The van der Waals surface area contributed by atoms with Crippen LogP contribution in [0.5, 0.6) is 0 Å². The van der Waals surface area contributed by atoms with Crippen LogP contribution in [0.2, 0.25) is 0 Å². The Morgan fingerprint density at radius 3 is 2.50 bits per heavy atom. The summed E-state index contributed by atoms with van der Waals surface area (Å²) in [5.41, 5.74) is 5.18. The molecule has 0 aliphatic heterocycles. The summed E-state index contributed by atoms with van der Waals surface area (Å²) in [6, 6.07) is 6.21. The number of halogens is 1. The van der Waals surface area contributed by atoms with Crippen molar-refractivity contribution in [1.29, 1.82) is 0 Å². The maximum Gasteiger partial charge on any atom is 0.107 e. The van der Waals surface area contributed by atoms with E-state index in [9.17, 15) is 0 Å². The van der Waals surface area contributed by atoms with Gasteiger partial charge in [-0.15, -0.1) is 0 Å². The van der Waals surface area contributed by atoms with Crippen LogP contribution < -0.4 is 4.90 Å². The van der Waals surface area contributed by atoms with E-state index in [1.807, 2.05) is 45.9 Å². The van der Waals surface area contributed by atoms with Crippen molar-refractivity contribution in [3.05, 3.63) is 39.6 Å². The molecule has 0 radical (unpaired) electrons. The average Bonchev–Trinajstić information content (AvgIpc) is 2.61. The number of aliphatic imine (C=N–C) groups is 1. The maximum atomic E-state index is 4.57. The van der Waals surface area contributed by atoms with E-state index in [1.54, 1.807) is 0 Å². The van der Waals surface area contributed by atoms with Crippen LogP contribution in [0.3, 0.4) is 0 Å². The number of hydrogen-bond donors (Lipinski definition) is 0. The first kappa shape index (κ1) is 14.8. The highest BCUT2D eigenvalue weighted by atomic mass is 79.9. The maximum absolute atomic E-state index is 4.57. The average molecular weight is 335 g/mol. The predicted octanol–water partition coefficient (Wildman–Crippen LogP) is 3.62. The van der Waals surface area contributed by atoms with E-state index in [-0.39, 0.29) is 0 Å². The van der Waals surface area contributed by atoms with Crippen LogP contribution in [0.4, 0.5) is 11.4 Å². The fraction of sp³-hybridized carbons (Fsp3) is 0.333. The number of hydrogen-bond acceptors (Lipinski definition) is 3. The zero-order valence-electron chi connectivity index (χ0n) is 12.5. The molecule has 0 aliphatic carbocycles. The monoisotopic (exact) mass is 334 g/mol. The fourth-order valence-corrected chi connectivity index (χ4v) is 2.81. The van der Waals surface area contributed by atoms with Crippen LogP contribution >= 0.6 is 15.9 Å². The van der Waals surface area contributed by atoms with E-state index >= 15 is 0 Å². The van der Waals surface area contributed by atoms with Crippen LogP contribution in [0.25, 0.3) is 0 Å². The van der Waals surface area contributed by atoms with Crippen molar-refractivity contribution >= 4 is 33.5 Å². The van der Waals surface area contributed by atoms with Crippen LogP contribution in [0.1, 0.15) is 17.0 Å². The summed E-state index contributed by atoms with van der Waals surface area (Å²) in [4.78, 5) is 6.64. The van der Waals surface area contributed by atoms with E-state index in [1.165, 1.54) is 0 Å². The van der Waals surface area contributed by atoms with Crippen LogP contribution in [0, 0.1) is 13.8 Å². The molecular weight excluding hydrogens is 316 g/mol. The molecule has 20 heavy (non-hydrogen) atoms. The molecule has 0 N–H and O–H groups in total. The smallest absolute Gasteiger partial charge is 0.107 e. The molecule has 0 amide bonds. The fourth-order valence-electron chi connectivity index (χ4n) is 2.05. The van der Waals surface area contributed by atoms with Gasteiger partial charge in [0, 0.05) is 31.8 Å². The number of aromatic nitrogens is 2. The molecule has 0 atom stereocenters. The van der Waals surface area contributed by atoms with Crippen molar-refractivity contribution in [3.8, 4) is 0 Å². The van der Waals surface area contributed by atoms with E-state index in [0.717, 1.165) is 32.8 Å². The molecule has 1 aromatic carbocycles. The first-order valence-electron chi connectivity index (χ1n) is 6.41. The van der Waals surface area contributed by atoms with Crippen molar-refractivity contribution in [2.45, 2.75) is 13.8 Å². The molecule has 0 aliphatic rings. The van der Waals surface area contributed by atoms with Crippen molar-refractivity contribution in [3.63, 3.8) is 0 Å². The second kappa shape index (κ2) is 5.79. The molecule has 2 aromatic rings. The van der Waals surface area contributed by atoms with Crippen molar-refractivity contribution < 1.29 is 0 Å². The lowest BCUT2D eigenvalue weighted by Crippen LogP contribution is -2.09. The summed E-state index contributed by atoms with van der Waals surface area (Å²) in [5, 5.41) is 4.36. The topological polar surface area (TPSA) is 33.4 Å². The molecule has 2 rings (SSSR count). The number of rotatable bonds is 3. The highest BCUT2D eigenvalue weighted by Crippen LogP contribution is 2.26. The standard InChI is InChI=1S/C15H19BrN4/c1-10-15(11(2)20(5)18-10)17-9-12-6-7-14(19(3)4)13(16)8-12/h6-9H,1-5H3. The summed E-state index contributed by atoms with van der Waals surface area (Å²) in [6.07, 6.45) is 1.88. The minimum Gasteiger partial charge on any atom is -0.377 e. The molecule has 0 unspecified atom stereocenters. The Labute approximate surface area is 128 Å². The first-order chi connectivity index (χ1) is 9.40. The molecule has 4 nitrogen and oxygen atoms in total. The zero-order chi connectivity index (χ0) is 14.9. The normalized spacial score (nSPS) is 11.3. The summed E-state index contributed by atoms with van der Waals surface area (Å²) in [7, 11) is 5.98. The lowest BCUT2D eigenvalue weighted by Gasteiger charge is -2.14. The van der Waals surface area contributed by atoms with E-state index < -0.39 is 0 Å². The van der Waals surface area contributed by atoms with Gasteiger partial charge >= 0.3 is 0 Å². The van der Waals surface area contributed by atoms with Gasteiger partial charge in [-0.25, -0.2) is 0 Å². The van der Waals surface area contributed by atoms with Gasteiger partial charge in [-0.05, 0) is 47.5 Å². The lowest BCUT2D eigenvalue weighted by molar-refractivity contribution is 0.731. The molecule has 5 heteroatoms. The Morgan fingerprint density at radius 2 is 2.00 bits per heavy atom. The number of nitrogens with zero attached hydrogens (tertiary/aromatic N) is 4. The summed E-state index contributed by atoms with van der Waals surface area (Å²) in [5.74, 6) is 0. The Bertz CT molecular complexity index is 656. The third-order valence-corrected chi connectivity index (χ3v) is 3.90. The molecule has 0 spiro atoms. The van der Waals surface area contributed by atoms with Gasteiger partial charge in [-0.2, -0.15) is 5.10 Å². The van der Waals surface area contributed by atoms with Gasteiger partial charge in [0.15, 0.2) is 0 Å². The molecule has 1 aromatic heterocycles. The third kappa shape index (κ3) is 2.93. The molecule has 106 valence electrons. The van der Waals surface area contributed by atoms with E-state index in [4.69, 9.17) is 0 Å². The van der Waals surface area contributed by atoms with Crippen LogP contribution in [-0.2, 0) is 7.05 Å². The van der Waals surface area contributed by atoms with Gasteiger partial charge in [0.25, 0.3) is 0 Å². The van der Waals surface area contributed by atoms with E-state index in [0.29, 0.717) is 0 Å². The Hall–Kier alpha value is -1.62. The van der Waals surface area contributed by atoms with Gasteiger partial charge < -0.3 is 4.90 Å². The molecule has 1 heterocycles. The van der Waals surface area contributed by atoms with Crippen molar-refractivity contribution in [2.24, 2.45) is 12.0 Å². The van der Waals surface area contributed by atoms with Gasteiger partial charge in [0.2, 0.25) is 0 Å². The minimum atomic E-state index is 0.945. The highest BCUT2D eigenvalue weighted by Gasteiger charge is 2.07. The first-order valence-corrected chi connectivity index (χ1v) is 7.20. The summed E-state index contributed by atoms with van der Waals surface area (Å²) < 4.78 is 2.92. The quantitative estimate of drug-likeness (QED) is 0.803. The third-order valence-electron chi connectivity index (χ3n) is 3.27. The Kier molecular flexibility index (Phi) is 4.28. The van der Waals surface area contributed by atoms with Crippen molar-refractivity contribution in [1.82, 2.24) is 9.78 Å². The zero-order valence-corrected chi connectivity index (χ0v) is 14.1. The molecule has 0 saturated heterocycles. The Morgan fingerprint density at radius 1 is 1.30 bits per heavy atom. The molecule has 0 saturated carbocycles. The SMILES string of the molecule is Cc1nn(C)c(C)c1N=Cc1ccc(N(C)C)c(Br)c1. The Balaban J connectivity index is 2.30. The van der Waals surface area contributed by atoms with Gasteiger partial charge in [0.05, 0.1) is 17.1 Å².